The first-order valence-corrected chi connectivity index (χ1v) is 8.60. The summed E-state index contributed by atoms with van der Waals surface area (Å²) in [5.41, 5.74) is 0.972. The van der Waals surface area contributed by atoms with Crippen molar-refractivity contribution in [1.82, 2.24) is 4.98 Å². The van der Waals surface area contributed by atoms with Gasteiger partial charge in [-0.1, -0.05) is 6.07 Å². The number of aromatic nitrogens is 1. The van der Waals surface area contributed by atoms with E-state index < -0.39 is 0 Å². The lowest BCUT2D eigenvalue weighted by atomic mass is 9.93. The third kappa shape index (κ3) is 6.75. The molecular formula is C14H22BrNO2S. The lowest BCUT2D eigenvalue weighted by Gasteiger charge is -2.26. The molecule has 0 amide bonds. The molecule has 2 heterocycles. The van der Waals surface area contributed by atoms with Crippen LogP contribution < -0.4 is 0 Å². The molecule has 1 atom stereocenters. The van der Waals surface area contributed by atoms with Crippen molar-refractivity contribution in [2.24, 2.45) is 5.92 Å². The minimum Gasteiger partial charge on any atom is -0.397 e. The van der Waals surface area contributed by atoms with Gasteiger partial charge in [0.05, 0.1) is 6.10 Å². The smallest absolute Gasteiger partial charge is 0.106 e. The predicted octanol–water partition coefficient (Wildman–Crippen LogP) is 2.89. The molecule has 1 aliphatic rings. The van der Waals surface area contributed by atoms with Crippen molar-refractivity contribution in [3.63, 3.8) is 0 Å². The SMILES string of the molecule is CCO.OC(Cc1cccc(Br)n1)C1CCSCC1. The Morgan fingerprint density at radius 2 is 2.05 bits per heavy atom. The molecule has 0 aliphatic carbocycles. The van der Waals surface area contributed by atoms with Gasteiger partial charge in [-0.05, 0) is 65.3 Å². The van der Waals surface area contributed by atoms with E-state index in [1.165, 1.54) is 11.5 Å². The Morgan fingerprint density at radius 1 is 1.42 bits per heavy atom. The number of hydrogen-bond donors (Lipinski definition) is 2. The molecule has 5 heteroatoms. The van der Waals surface area contributed by atoms with Gasteiger partial charge < -0.3 is 10.2 Å². The minimum atomic E-state index is -0.234. The van der Waals surface area contributed by atoms with E-state index in [1.54, 1.807) is 6.92 Å². The van der Waals surface area contributed by atoms with Gasteiger partial charge in [0.2, 0.25) is 0 Å². The maximum atomic E-state index is 10.2. The summed E-state index contributed by atoms with van der Waals surface area (Å²) in [5, 5.41) is 17.7. The van der Waals surface area contributed by atoms with Crippen LogP contribution >= 0.6 is 27.7 Å². The van der Waals surface area contributed by atoms with E-state index in [1.807, 2.05) is 30.0 Å². The molecule has 2 N–H and O–H groups in total. The first-order chi connectivity index (χ1) is 9.17. The monoisotopic (exact) mass is 347 g/mol. The fourth-order valence-electron chi connectivity index (χ4n) is 2.05. The van der Waals surface area contributed by atoms with E-state index in [0.717, 1.165) is 23.1 Å². The fourth-order valence-corrected chi connectivity index (χ4v) is 3.57. The normalized spacial score (nSPS) is 17.5. The molecule has 1 unspecified atom stereocenters. The number of hydrogen-bond acceptors (Lipinski definition) is 4. The molecule has 108 valence electrons. The summed E-state index contributed by atoms with van der Waals surface area (Å²) in [5.74, 6) is 2.84. The minimum absolute atomic E-state index is 0.234. The van der Waals surface area contributed by atoms with Crippen molar-refractivity contribution >= 4 is 27.7 Å². The average Bonchev–Trinajstić information content (AvgIpc) is 2.40. The van der Waals surface area contributed by atoms with Crippen LogP contribution in [-0.4, -0.2) is 39.4 Å². The molecule has 1 aromatic heterocycles. The summed E-state index contributed by atoms with van der Waals surface area (Å²) in [6.07, 6.45) is 2.72. The molecule has 2 rings (SSSR count). The standard InChI is InChI=1S/C12H16BrNOS.C2H6O/c13-12-3-1-2-10(14-12)8-11(15)9-4-6-16-7-5-9;1-2-3/h1-3,9,11,15H,4-8H2;3H,2H2,1H3. The molecule has 1 aliphatic heterocycles. The van der Waals surface area contributed by atoms with Crippen LogP contribution in [0.25, 0.3) is 0 Å². The maximum Gasteiger partial charge on any atom is 0.106 e. The Bertz CT molecular complexity index is 359. The zero-order chi connectivity index (χ0) is 14.1. The van der Waals surface area contributed by atoms with Crippen molar-refractivity contribution in [2.75, 3.05) is 18.1 Å². The van der Waals surface area contributed by atoms with Gasteiger partial charge in [0, 0.05) is 18.7 Å². The number of halogens is 1. The molecule has 1 saturated heterocycles. The van der Waals surface area contributed by atoms with E-state index in [4.69, 9.17) is 5.11 Å². The maximum absolute atomic E-state index is 10.2. The van der Waals surface area contributed by atoms with Crippen molar-refractivity contribution in [1.29, 1.82) is 0 Å². The van der Waals surface area contributed by atoms with Gasteiger partial charge in [0.1, 0.15) is 4.60 Å². The second-order valence-corrected chi connectivity index (χ2v) is 6.53. The number of thioether (sulfide) groups is 1. The zero-order valence-corrected chi connectivity index (χ0v) is 13.7. The molecule has 0 radical (unpaired) electrons. The van der Waals surface area contributed by atoms with Crippen LogP contribution in [0.1, 0.15) is 25.5 Å². The van der Waals surface area contributed by atoms with Gasteiger partial charge in [-0.25, -0.2) is 4.98 Å². The van der Waals surface area contributed by atoms with E-state index in [0.29, 0.717) is 12.3 Å². The second-order valence-electron chi connectivity index (χ2n) is 4.49. The van der Waals surface area contributed by atoms with Crippen molar-refractivity contribution in [2.45, 2.75) is 32.3 Å². The van der Waals surface area contributed by atoms with Gasteiger partial charge >= 0.3 is 0 Å². The van der Waals surface area contributed by atoms with E-state index in [2.05, 4.69) is 20.9 Å². The Hall–Kier alpha value is -0.100. The average molecular weight is 348 g/mol. The molecule has 1 fully saturated rings. The first kappa shape index (κ1) is 17.0. The summed E-state index contributed by atoms with van der Waals surface area (Å²) in [6.45, 7) is 1.93. The van der Waals surface area contributed by atoms with Gasteiger partial charge in [-0.3, -0.25) is 0 Å². The van der Waals surface area contributed by atoms with Crippen LogP contribution in [-0.2, 0) is 6.42 Å². The Balaban J connectivity index is 0.000000550. The van der Waals surface area contributed by atoms with E-state index in [-0.39, 0.29) is 12.7 Å². The Kier molecular flexibility index (Phi) is 8.70. The lowest BCUT2D eigenvalue weighted by molar-refractivity contribution is 0.102. The number of aliphatic hydroxyl groups is 2. The molecule has 0 saturated carbocycles. The summed E-state index contributed by atoms with van der Waals surface area (Å²) in [7, 11) is 0. The Labute approximate surface area is 128 Å². The summed E-state index contributed by atoms with van der Waals surface area (Å²) >= 11 is 5.34. The number of rotatable bonds is 3. The highest BCUT2D eigenvalue weighted by molar-refractivity contribution is 9.10. The van der Waals surface area contributed by atoms with Crippen LogP contribution in [0.3, 0.4) is 0 Å². The predicted molar refractivity (Wildman–Crippen MR) is 84.5 cm³/mol. The van der Waals surface area contributed by atoms with Gasteiger partial charge in [0.25, 0.3) is 0 Å². The van der Waals surface area contributed by atoms with Crippen LogP contribution in [0.15, 0.2) is 22.8 Å². The summed E-state index contributed by atoms with van der Waals surface area (Å²) in [4.78, 5) is 4.36. The van der Waals surface area contributed by atoms with Crippen LogP contribution in [0.4, 0.5) is 0 Å². The molecular weight excluding hydrogens is 326 g/mol. The van der Waals surface area contributed by atoms with Crippen LogP contribution in [0.5, 0.6) is 0 Å². The fraction of sp³-hybridized carbons (Fsp3) is 0.643. The van der Waals surface area contributed by atoms with E-state index >= 15 is 0 Å². The van der Waals surface area contributed by atoms with E-state index in [9.17, 15) is 5.11 Å². The van der Waals surface area contributed by atoms with Crippen LogP contribution in [0, 0.1) is 5.92 Å². The largest absolute Gasteiger partial charge is 0.397 e. The third-order valence-electron chi connectivity index (χ3n) is 3.00. The highest BCUT2D eigenvalue weighted by Crippen LogP contribution is 2.26. The number of nitrogens with zero attached hydrogens (tertiary/aromatic N) is 1. The molecule has 0 aromatic carbocycles. The lowest BCUT2D eigenvalue weighted by Crippen LogP contribution is -2.26. The highest BCUT2D eigenvalue weighted by atomic mass is 79.9. The van der Waals surface area contributed by atoms with Gasteiger partial charge in [-0.2, -0.15) is 11.8 Å². The van der Waals surface area contributed by atoms with Crippen molar-refractivity contribution in [3.05, 3.63) is 28.5 Å². The molecule has 19 heavy (non-hydrogen) atoms. The van der Waals surface area contributed by atoms with Gasteiger partial charge in [-0.15, -0.1) is 0 Å². The third-order valence-corrected chi connectivity index (χ3v) is 4.49. The van der Waals surface area contributed by atoms with Gasteiger partial charge in [0.15, 0.2) is 0 Å². The molecule has 0 spiro atoms. The Morgan fingerprint density at radius 3 is 2.63 bits per heavy atom. The zero-order valence-electron chi connectivity index (χ0n) is 11.3. The molecule has 0 bridgehead atoms. The summed E-state index contributed by atoms with van der Waals surface area (Å²) in [6, 6.07) is 5.86. The quantitative estimate of drug-likeness (QED) is 0.825. The van der Waals surface area contributed by atoms with Crippen LogP contribution in [0.2, 0.25) is 0 Å². The second kappa shape index (κ2) is 9.75. The van der Waals surface area contributed by atoms with Crippen molar-refractivity contribution in [3.8, 4) is 0 Å². The summed E-state index contributed by atoms with van der Waals surface area (Å²) < 4.78 is 0.844. The van der Waals surface area contributed by atoms with Crippen molar-refractivity contribution < 1.29 is 10.2 Å². The number of pyridine rings is 1. The molecule has 3 nitrogen and oxygen atoms in total. The first-order valence-electron chi connectivity index (χ1n) is 6.65. The molecule has 1 aromatic rings. The topological polar surface area (TPSA) is 53.4 Å². The highest BCUT2D eigenvalue weighted by Gasteiger charge is 2.22. The number of aliphatic hydroxyl groups excluding tert-OH is 2.